The number of halogens is 1. The van der Waals surface area contributed by atoms with Gasteiger partial charge in [-0.1, -0.05) is 12.1 Å². The molecule has 1 amide bonds. The second-order valence-electron chi connectivity index (χ2n) is 4.23. The van der Waals surface area contributed by atoms with E-state index >= 15 is 0 Å². The van der Waals surface area contributed by atoms with Gasteiger partial charge in [0, 0.05) is 0 Å². The Labute approximate surface area is 118 Å². The van der Waals surface area contributed by atoms with E-state index in [0.717, 1.165) is 17.7 Å². The number of nitrogens with one attached hydrogen (secondary N) is 1. The van der Waals surface area contributed by atoms with Crippen LogP contribution < -0.4 is 5.32 Å². The van der Waals surface area contributed by atoms with Crippen LogP contribution in [0.4, 0.5) is 4.39 Å². The van der Waals surface area contributed by atoms with Crippen LogP contribution in [0.25, 0.3) is 0 Å². The minimum absolute atomic E-state index is 0.321. The Hall–Kier alpha value is -2.21. The second-order valence-corrected chi connectivity index (χ2v) is 5.15. The number of aryl methyl sites for hydroxylation is 1. The molecule has 0 saturated carbocycles. The van der Waals surface area contributed by atoms with Crippen molar-refractivity contribution in [2.24, 2.45) is 0 Å². The van der Waals surface area contributed by atoms with E-state index in [-0.39, 0.29) is 0 Å². The number of carbonyl (C=O) groups is 2. The fourth-order valence-corrected chi connectivity index (χ4v) is 2.57. The van der Waals surface area contributed by atoms with Crippen molar-refractivity contribution in [2.75, 3.05) is 0 Å². The van der Waals surface area contributed by atoms with Gasteiger partial charge in [0.25, 0.3) is 5.91 Å². The van der Waals surface area contributed by atoms with Crippen molar-refractivity contribution >= 4 is 23.2 Å². The van der Waals surface area contributed by atoms with Gasteiger partial charge in [-0.05, 0) is 41.6 Å². The number of aliphatic carboxylic acids is 1. The smallest absolute Gasteiger partial charge is 0.330 e. The molecule has 0 aliphatic heterocycles. The summed E-state index contributed by atoms with van der Waals surface area (Å²) >= 11 is 1.24. The van der Waals surface area contributed by atoms with E-state index in [1.807, 2.05) is 0 Å². The Morgan fingerprint density at radius 2 is 1.90 bits per heavy atom. The zero-order valence-electron chi connectivity index (χ0n) is 10.6. The minimum Gasteiger partial charge on any atom is -0.479 e. The Morgan fingerprint density at radius 1 is 1.25 bits per heavy atom. The molecule has 0 aliphatic carbocycles. The topological polar surface area (TPSA) is 66.4 Å². The van der Waals surface area contributed by atoms with Crippen molar-refractivity contribution in [1.29, 1.82) is 0 Å². The van der Waals surface area contributed by atoms with E-state index in [0.29, 0.717) is 10.4 Å². The monoisotopic (exact) mass is 293 g/mol. The number of hydrogen-bond donors (Lipinski definition) is 2. The number of hydrogen-bond acceptors (Lipinski definition) is 3. The molecule has 1 heterocycles. The third-order valence-corrected chi connectivity index (χ3v) is 3.81. The van der Waals surface area contributed by atoms with E-state index < -0.39 is 23.7 Å². The fraction of sp³-hybridized carbons (Fsp3) is 0.143. The first-order chi connectivity index (χ1) is 9.49. The predicted octanol–water partition coefficient (Wildman–Crippen LogP) is 2.75. The average Bonchev–Trinajstić information content (AvgIpc) is 2.83. The largest absolute Gasteiger partial charge is 0.479 e. The van der Waals surface area contributed by atoms with Crippen molar-refractivity contribution in [3.8, 4) is 0 Å². The van der Waals surface area contributed by atoms with Gasteiger partial charge in [0.1, 0.15) is 5.82 Å². The number of carboxylic acid groups (broad SMARTS) is 1. The summed E-state index contributed by atoms with van der Waals surface area (Å²) in [7, 11) is 0. The first kappa shape index (κ1) is 14.2. The standard InChI is InChI=1S/C14H12FNO3S/c1-8-6-7-20-12(8)13(17)16-11(14(18)19)9-2-4-10(15)5-3-9/h2-7,11H,1H3,(H,16,17)(H,18,19). The number of carbonyl (C=O) groups excluding carboxylic acids is 1. The van der Waals surface area contributed by atoms with Crippen LogP contribution in [-0.4, -0.2) is 17.0 Å². The first-order valence-electron chi connectivity index (χ1n) is 5.82. The molecule has 6 heteroatoms. The molecule has 0 spiro atoms. The Bertz CT molecular complexity index is 636. The number of rotatable bonds is 4. The van der Waals surface area contributed by atoms with Gasteiger partial charge in [0.2, 0.25) is 0 Å². The van der Waals surface area contributed by atoms with Crippen molar-refractivity contribution < 1.29 is 19.1 Å². The second kappa shape index (κ2) is 5.83. The maximum atomic E-state index is 12.9. The molecule has 4 nitrogen and oxygen atoms in total. The predicted molar refractivity (Wildman–Crippen MR) is 73.3 cm³/mol. The van der Waals surface area contributed by atoms with Gasteiger partial charge in [0.05, 0.1) is 4.88 Å². The van der Waals surface area contributed by atoms with Gasteiger partial charge in [-0.15, -0.1) is 11.3 Å². The summed E-state index contributed by atoms with van der Waals surface area (Å²) in [6.07, 6.45) is 0. The summed E-state index contributed by atoms with van der Waals surface area (Å²) in [5, 5.41) is 13.4. The maximum absolute atomic E-state index is 12.9. The van der Waals surface area contributed by atoms with Crippen molar-refractivity contribution in [1.82, 2.24) is 5.32 Å². The average molecular weight is 293 g/mol. The van der Waals surface area contributed by atoms with Crippen LogP contribution in [0.2, 0.25) is 0 Å². The third-order valence-electron chi connectivity index (χ3n) is 2.79. The fourth-order valence-electron chi connectivity index (χ4n) is 1.74. The highest BCUT2D eigenvalue weighted by atomic mass is 32.1. The zero-order chi connectivity index (χ0) is 14.7. The van der Waals surface area contributed by atoms with E-state index in [1.165, 1.54) is 23.5 Å². The third kappa shape index (κ3) is 3.03. The molecule has 0 fully saturated rings. The highest BCUT2D eigenvalue weighted by Gasteiger charge is 2.23. The van der Waals surface area contributed by atoms with Crippen molar-refractivity contribution in [3.05, 3.63) is 57.5 Å². The number of carboxylic acids is 1. The molecule has 1 aromatic heterocycles. The summed E-state index contributed by atoms with van der Waals surface area (Å²) in [6, 6.07) is 5.59. The lowest BCUT2D eigenvalue weighted by Crippen LogP contribution is -2.33. The van der Waals surface area contributed by atoms with Gasteiger partial charge < -0.3 is 10.4 Å². The molecule has 2 aromatic rings. The molecule has 2 rings (SSSR count). The van der Waals surface area contributed by atoms with Crippen LogP contribution in [-0.2, 0) is 4.79 Å². The number of benzene rings is 1. The Kier molecular flexibility index (Phi) is 4.14. The molecule has 1 aromatic carbocycles. The van der Waals surface area contributed by atoms with E-state index in [4.69, 9.17) is 0 Å². The zero-order valence-corrected chi connectivity index (χ0v) is 11.4. The van der Waals surface area contributed by atoms with E-state index in [2.05, 4.69) is 5.32 Å². The lowest BCUT2D eigenvalue weighted by atomic mass is 10.1. The first-order valence-corrected chi connectivity index (χ1v) is 6.70. The van der Waals surface area contributed by atoms with Crippen molar-refractivity contribution in [3.63, 3.8) is 0 Å². The lowest BCUT2D eigenvalue weighted by Gasteiger charge is -2.14. The minimum atomic E-state index is -1.20. The number of thiophene rings is 1. The molecule has 0 aliphatic rings. The Morgan fingerprint density at radius 3 is 2.40 bits per heavy atom. The maximum Gasteiger partial charge on any atom is 0.330 e. The Balaban J connectivity index is 2.22. The summed E-state index contributed by atoms with van der Waals surface area (Å²) < 4.78 is 12.9. The molecular formula is C14H12FNO3S. The SMILES string of the molecule is Cc1ccsc1C(=O)NC(C(=O)O)c1ccc(F)cc1. The lowest BCUT2D eigenvalue weighted by molar-refractivity contribution is -0.139. The van der Waals surface area contributed by atoms with Gasteiger partial charge >= 0.3 is 5.97 Å². The van der Waals surface area contributed by atoms with Gasteiger partial charge in [-0.3, -0.25) is 4.79 Å². The van der Waals surface area contributed by atoms with Gasteiger partial charge in [-0.2, -0.15) is 0 Å². The van der Waals surface area contributed by atoms with Crippen LogP contribution in [0, 0.1) is 12.7 Å². The molecule has 1 atom stereocenters. The number of amides is 1. The normalized spacial score (nSPS) is 11.9. The molecule has 0 saturated heterocycles. The summed E-state index contributed by atoms with van der Waals surface area (Å²) in [4.78, 5) is 23.8. The molecule has 1 unspecified atom stereocenters. The summed E-state index contributed by atoms with van der Waals surface area (Å²) in [5.41, 5.74) is 1.11. The molecule has 2 N–H and O–H groups in total. The summed E-state index contributed by atoms with van der Waals surface area (Å²) in [5.74, 6) is -2.10. The highest BCUT2D eigenvalue weighted by molar-refractivity contribution is 7.12. The van der Waals surface area contributed by atoms with E-state index in [9.17, 15) is 19.1 Å². The molecular weight excluding hydrogens is 281 g/mol. The van der Waals surface area contributed by atoms with Crippen LogP contribution in [0.3, 0.4) is 0 Å². The van der Waals surface area contributed by atoms with Crippen LogP contribution in [0.1, 0.15) is 26.8 Å². The van der Waals surface area contributed by atoms with Gasteiger partial charge in [0.15, 0.2) is 6.04 Å². The van der Waals surface area contributed by atoms with Crippen LogP contribution >= 0.6 is 11.3 Å². The molecule has 0 radical (unpaired) electrons. The van der Waals surface area contributed by atoms with Crippen LogP contribution in [0.15, 0.2) is 35.7 Å². The van der Waals surface area contributed by atoms with Gasteiger partial charge in [-0.25, -0.2) is 9.18 Å². The van der Waals surface area contributed by atoms with Crippen LogP contribution in [0.5, 0.6) is 0 Å². The molecule has 0 bridgehead atoms. The summed E-state index contributed by atoms with van der Waals surface area (Å²) in [6.45, 7) is 1.78. The molecule has 20 heavy (non-hydrogen) atoms. The van der Waals surface area contributed by atoms with Crippen molar-refractivity contribution in [2.45, 2.75) is 13.0 Å². The quantitative estimate of drug-likeness (QED) is 0.911. The highest BCUT2D eigenvalue weighted by Crippen LogP contribution is 2.19. The van der Waals surface area contributed by atoms with E-state index in [1.54, 1.807) is 18.4 Å². The molecule has 104 valence electrons.